The van der Waals surface area contributed by atoms with Crippen LogP contribution in [0.1, 0.15) is 0 Å². The van der Waals surface area contributed by atoms with Gasteiger partial charge in [-0.25, -0.2) is 4.79 Å². The van der Waals surface area contributed by atoms with Gasteiger partial charge in [0, 0.05) is 26.2 Å². The van der Waals surface area contributed by atoms with E-state index in [0.29, 0.717) is 13.1 Å². The third-order valence-electron chi connectivity index (χ3n) is 2.21. The molecule has 6 heteroatoms. The van der Waals surface area contributed by atoms with E-state index < -0.39 is 17.9 Å². The van der Waals surface area contributed by atoms with Gasteiger partial charge in [0.2, 0.25) is 5.91 Å². The van der Waals surface area contributed by atoms with Gasteiger partial charge in [-0.2, -0.15) is 0 Å². The highest BCUT2D eigenvalue weighted by Gasteiger charge is 2.32. The number of ether oxygens (including phenoxy) is 1. The molecule has 1 rings (SSSR count). The van der Waals surface area contributed by atoms with Gasteiger partial charge in [0.05, 0.1) is 7.11 Å². The lowest BCUT2D eigenvalue weighted by molar-refractivity contribution is -0.151. The Morgan fingerprint density at radius 1 is 1.43 bits per heavy atom. The number of nitrogens with zero attached hydrogens (tertiary/aromatic N) is 1. The zero-order valence-electron chi connectivity index (χ0n) is 8.16. The van der Waals surface area contributed by atoms with Crippen molar-refractivity contribution in [3.05, 3.63) is 0 Å². The van der Waals surface area contributed by atoms with Crippen molar-refractivity contribution in [2.75, 3.05) is 33.3 Å². The second kappa shape index (κ2) is 4.92. The third kappa shape index (κ3) is 2.43. The van der Waals surface area contributed by atoms with E-state index >= 15 is 0 Å². The van der Waals surface area contributed by atoms with Gasteiger partial charge >= 0.3 is 5.97 Å². The second-order valence-electron chi connectivity index (χ2n) is 3.11. The summed E-state index contributed by atoms with van der Waals surface area (Å²) in [6.45, 7) is 2.76. The van der Waals surface area contributed by atoms with Gasteiger partial charge in [0.25, 0.3) is 0 Å². The minimum atomic E-state index is -0.943. The highest BCUT2D eigenvalue weighted by atomic mass is 16.5. The van der Waals surface area contributed by atoms with Gasteiger partial charge in [-0.05, 0) is 0 Å². The molecule has 1 fully saturated rings. The van der Waals surface area contributed by atoms with Crippen LogP contribution in [0.15, 0.2) is 0 Å². The normalized spacial score (nSPS) is 20.1. The van der Waals surface area contributed by atoms with Crippen molar-refractivity contribution in [3.8, 4) is 0 Å². The van der Waals surface area contributed by atoms with Gasteiger partial charge in [0.1, 0.15) is 0 Å². The summed E-state index contributed by atoms with van der Waals surface area (Å²) in [6, 6.07) is -0.943. The fraction of sp³-hybridized carbons (Fsp3) is 0.750. The number of nitrogens with two attached hydrogens (primary N) is 1. The lowest BCUT2D eigenvalue weighted by atomic mass is 10.2. The molecule has 14 heavy (non-hydrogen) atoms. The summed E-state index contributed by atoms with van der Waals surface area (Å²) in [7, 11) is 1.25. The van der Waals surface area contributed by atoms with E-state index in [1.54, 1.807) is 4.90 Å². The van der Waals surface area contributed by atoms with Crippen LogP contribution in [-0.4, -0.2) is 56.1 Å². The van der Waals surface area contributed by atoms with Crippen LogP contribution in [-0.2, 0) is 14.3 Å². The summed E-state index contributed by atoms with van der Waals surface area (Å²) in [6.07, 6.45) is 0. The number of rotatable bonds is 3. The van der Waals surface area contributed by atoms with Crippen LogP contribution in [0.3, 0.4) is 0 Å². The first-order valence-electron chi connectivity index (χ1n) is 4.48. The molecule has 0 aromatic heterocycles. The molecule has 0 aromatic rings. The monoisotopic (exact) mass is 201 g/mol. The first-order valence-corrected chi connectivity index (χ1v) is 4.48. The SMILES string of the molecule is COC(=O)C(C(N)=O)N1CCNCC1. The van der Waals surface area contributed by atoms with Crippen molar-refractivity contribution in [1.29, 1.82) is 0 Å². The standard InChI is InChI=1S/C8H15N3O3/c1-14-8(13)6(7(9)12)11-4-2-10-3-5-11/h6,10H,2-5H2,1H3,(H2,9,12). The molecule has 0 radical (unpaired) electrons. The Morgan fingerprint density at radius 3 is 2.43 bits per heavy atom. The number of primary amides is 1. The molecule has 1 aliphatic rings. The zero-order valence-corrected chi connectivity index (χ0v) is 8.16. The predicted molar refractivity (Wildman–Crippen MR) is 49.4 cm³/mol. The molecule has 80 valence electrons. The molecule has 1 aliphatic heterocycles. The van der Waals surface area contributed by atoms with Crippen molar-refractivity contribution >= 4 is 11.9 Å². The molecule has 6 nitrogen and oxygen atoms in total. The number of hydrogen-bond donors (Lipinski definition) is 2. The molecule has 1 unspecified atom stereocenters. The first-order chi connectivity index (χ1) is 6.66. The zero-order chi connectivity index (χ0) is 10.6. The molecular formula is C8H15N3O3. The number of esters is 1. The molecule has 1 amide bonds. The van der Waals surface area contributed by atoms with E-state index in [0.717, 1.165) is 13.1 Å². The van der Waals surface area contributed by atoms with Crippen molar-refractivity contribution in [1.82, 2.24) is 10.2 Å². The smallest absolute Gasteiger partial charge is 0.332 e. The molecule has 3 N–H and O–H groups in total. The molecular weight excluding hydrogens is 186 g/mol. The second-order valence-corrected chi connectivity index (χ2v) is 3.11. The molecule has 0 bridgehead atoms. The number of methoxy groups -OCH3 is 1. The Balaban J connectivity index is 2.65. The summed E-state index contributed by atoms with van der Waals surface area (Å²) >= 11 is 0. The number of hydrogen-bond acceptors (Lipinski definition) is 5. The molecule has 1 atom stereocenters. The highest BCUT2D eigenvalue weighted by molar-refractivity contribution is 6.01. The summed E-state index contributed by atoms with van der Waals surface area (Å²) in [5, 5.41) is 3.12. The topological polar surface area (TPSA) is 84.7 Å². The predicted octanol–water partition coefficient (Wildman–Crippen LogP) is -2.08. The lowest BCUT2D eigenvalue weighted by Gasteiger charge is -2.31. The molecule has 1 heterocycles. The first kappa shape index (κ1) is 10.9. The Morgan fingerprint density at radius 2 is 2.00 bits per heavy atom. The van der Waals surface area contributed by atoms with Gasteiger partial charge in [0.15, 0.2) is 6.04 Å². The van der Waals surface area contributed by atoms with Crippen LogP contribution in [0.4, 0.5) is 0 Å². The Kier molecular flexibility index (Phi) is 3.84. The molecule has 0 aliphatic carbocycles. The van der Waals surface area contributed by atoms with Crippen LogP contribution >= 0.6 is 0 Å². The van der Waals surface area contributed by atoms with Crippen molar-refractivity contribution in [2.45, 2.75) is 6.04 Å². The number of nitrogens with one attached hydrogen (secondary N) is 1. The summed E-state index contributed by atoms with van der Waals surface area (Å²) in [4.78, 5) is 24.1. The van der Waals surface area contributed by atoms with E-state index in [4.69, 9.17) is 5.73 Å². The van der Waals surface area contributed by atoms with Gasteiger partial charge in [-0.15, -0.1) is 0 Å². The minimum Gasteiger partial charge on any atom is -0.467 e. The molecule has 0 aromatic carbocycles. The van der Waals surface area contributed by atoms with Gasteiger partial charge < -0.3 is 15.8 Å². The van der Waals surface area contributed by atoms with Crippen LogP contribution in [0, 0.1) is 0 Å². The van der Waals surface area contributed by atoms with E-state index in [9.17, 15) is 9.59 Å². The van der Waals surface area contributed by atoms with Gasteiger partial charge in [-0.1, -0.05) is 0 Å². The fourth-order valence-corrected chi connectivity index (χ4v) is 1.50. The highest BCUT2D eigenvalue weighted by Crippen LogP contribution is 2.02. The van der Waals surface area contributed by atoms with E-state index in [-0.39, 0.29) is 0 Å². The molecule has 0 spiro atoms. The van der Waals surface area contributed by atoms with E-state index in [1.165, 1.54) is 7.11 Å². The summed E-state index contributed by atoms with van der Waals surface area (Å²) < 4.78 is 4.53. The van der Waals surface area contributed by atoms with Crippen LogP contribution in [0.25, 0.3) is 0 Å². The number of carbonyl (C=O) groups is 2. The average molecular weight is 201 g/mol. The van der Waals surface area contributed by atoms with Crippen LogP contribution in [0.2, 0.25) is 0 Å². The Hall–Kier alpha value is -1.14. The summed E-state index contributed by atoms with van der Waals surface area (Å²) in [5.41, 5.74) is 5.14. The van der Waals surface area contributed by atoms with Crippen molar-refractivity contribution < 1.29 is 14.3 Å². The van der Waals surface area contributed by atoms with Crippen LogP contribution < -0.4 is 11.1 Å². The fourth-order valence-electron chi connectivity index (χ4n) is 1.50. The van der Waals surface area contributed by atoms with Crippen molar-refractivity contribution in [2.24, 2.45) is 5.73 Å². The third-order valence-corrected chi connectivity index (χ3v) is 2.21. The molecule has 1 saturated heterocycles. The maximum absolute atomic E-state index is 11.3. The van der Waals surface area contributed by atoms with E-state index in [2.05, 4.69) is 10.1 Å². The number of carbonyl (C=O) groups excluding carboxylic acids is 2. The number of piperazine rings is 1. The lowest BCUT2D eigenvalue weighted by Crippen LogP contribution is -2.56. The minimum absolute atomic E-state index is 0.584. The average Bonchev–Trinajstić information content (AvgIpc) is 2.19. The quantitative estimate of drug-likeness (QED) is 0.404. The largest absolute Gasteiger partial charge is 0.467 e. The molecule has 0 saturated carbocycles. The Labute approximate surface area is 82.4 Å². The van der Waals surface area contributed by atoms with Crippen molar-refractivity contribution in [3.63, 3.8) is 0 Å². The Bertz CT molecular complexity index is 226. The van der Waals surface area contributed by atoms with E-state index in [1.807, 2.05) is 0 Å². The van der Waals surface area contributed by atoms with Crippen LogP contribution in [0.5, 0.6) is 0 Å². The maximum Gasteiger partial charge on any atom is 0.332 e. The number of amides is 1. The maximum atomic E-state index is 11.3. The van der Waals surface area contributed by atoms with Gasteiger partial charge in [-0.3, -0.25) is 9.69 Å². The summed E-state index contributed by atoms with van der Waals surface area (Å²) in [5.74, 6) is -1.24.